The van der Waals surface area contributed by atoms with E-state index in [1.807, 2.05) is 78.6 Å². The zero-order valence-electron chi connectivity index (χ0n) is 19.1. The van der Waals surface area contributed by atoms with Crippen LogP contribution in [0.1, 0.15) is 33.2 Å². The predicted octanol–water partition coefficient (Wildman–Crippen LogP) is 4.56. The van der Waals surface area contributed by atoms with E-state index in [1.54, 1.807) is 16.8 Å². The lowest BCUT2D eigenvalue weighted by Crippen LogP contribution is -2.48. The van der Waals surface area contributed by atoms with Crippen molar-refractivity contribution in [1.29, 1.82) is 0 Å². The molecular weight excluding hydrogens is 442 g/mol. The molecule has 8 nitrogen and oxygen atoms in total. The van der Waals surface area contributed by atoms with Gasteiger partial charge in [-0.1, -0.05) is 42.5 Å². The highest BCUT2D eigenvalue weighted by Crippen LogP contribution is 2.47. The molecule has 0 spiro atoms. The second kappa shape index (κ2) is 7.95. The predicted molar refractivity (Wildman–Crippen MR) is 133 cm³/mol. The van der Waals surface area contributed by atoms with Crippen molar-refractivity contribution in [2.24, 2.45) is 4.99 Å². The highest BCUT2D eigenvalue weighted by Gasteiger charge is 2.42. The number of esters is 1. The average Bonchev–Trinajstić information content (AvgIpc) is 3.24. The van der Waals surface area contributed by atoms with E-state index in [2.05, 4.69) is 5.32 Å². The third-order valence-electron chi connectivity index (χ3n) is 6.32. The highest BCUT2D eigenvalue weighted by molar-refractivity contribution is 6.50. The summed E-state index contributed by atoms with van der Waals surface area (Å²) in [5.74, 6) is 0.203. The maximum absolute atomic E-state index is 13.2. The SMILES string of the molecule is COC(=O)c1ccc([C@H]2c3c(C)nn(-c4ccccc4)c3N=C3C(=O)Nc4ccccc4N32)cc1. The Balaban J connectivity index is 1.61. The second-order valence-corrected chi connectivity index (χ2v) is 8.36. The Kier molecular flexibility index (Phi) is 4.74. The summed E-state index contributed by atoms with van der Waals surface area (Å²) in [6.45, 7) is 1.95. The summed E-state index contributed by atoms with van der Waals surface area (Å²) in [6, 6.07) is 24.2. The smallest absolute Gasteiger partial charge is 0.337 e. The lowest BCUT2D eigenvalue weighted by molar-refractivity contribution is -0.110. The average molecular weight is 463 g/mol. The minimum absolute atomic E-state index is 0.287. The Hall–Kier alpha value is -4.72. The quantitative estimate of drug-likeness (QED) is 0.450. The van der Waals surface area contributed by atoms with Crippen LogP contribution in [0.2, 0.25) is 0 Å². The van der Waals surface area contributed by atoms with Gasteiger partial charge in [-0.15, -0.1) is 0 Å². The van der Waals surface area contributed by atoms with E-state index in [0.717, 1.165) is 28.2 Å². The number of hydrogen-bond acceptors (Lipinski definition) is 6. The van der Waals surface area contributed by atoms with E-state index in [-0.39, 0.29) is 17.8 Å². The van der Waals surface area contributed by atoms with Crippen LogP contribution in [0.4, 0.5) is 17.2 Å². The number of amidine groups is 1. The third-order valence-corrected chi connectivity index (χ3v) is 6.32. The molecule has 172 valence electrons. The molecule has 4 aromatic rings. The maximum Gasteiger partial charge on any atom is 0.337 e. The molecule has 1 N–H and O–H groups in total. The molecule has 1 amide bonds. The first-order valence-electron chi connectivity index (χ1n) is 11.2. The Labute approximate surface area is 201 Å². The molecule has 3 aromatic carbocycles. The molecule has 1 aromatic heterocycles. The van der Waals surface area contributed by atoms with Gasteiger partial charge in [-0.2, -0.15) is 5.10 Å². The number of aryl methyl sites for hydroxylation is 1. The first kappa shape index (κ1) is 20.9. The number of rotatable bonds is 3. The number of amides is 1. The van der Waals surface area contributed by atoms with Crippen molar-refractivity contribution in [1.82, 2.24) is 9.78 Å². The maximum atomic E-state index is 13.2. The molecule has 0 unspecified atom stereocenters. The molecule has 0 fully saturated rings. The number of ether oxygens (including phenoxy) is 1. The normalized spacial score (nSPS) is 15.9. The lowest BCUT2D eigenvalue weighted by atomic mass is 9.92. The van der Waals surface area contributed by atoms with Crippen molar-refractivity contribution in [3.8, 4) is 5.69 Å². The summed E-state index contributed by atoms with van der Waals surface area (Å²) in [4.78, 5) is 32.1. The number of anilines is 2. The van der Waals surface area contributed by atoms with Crippen molar-refractivity contribution in [3.05, 3.63) is 101 Å². The molecule has 0 aliphatic carbocycles. The van der Waals surface area contributed by atoms with Gasteiger partial charge in [0, 0.05) is 5.56 Å². The molecule has 8 heteroatoms. The molecule has 0 radical (unpaired) electrons. The third kappa shape index (κ3) is 3.22. The summed E-state index contributed by atoms with van der Waals surface area (Å²) in [5.41, 5.74) is 5.45. The number of aliphatic imine (C=N–C) groups is 1. The Morgan fingerprint density at radius 3 is 2.43 bits per heavy atom. The molecule has 0 bridgehead atoms. The van der Waals surface area contributed by atoms with E-state index in [4.69, 9.17) is 14.8 Å². The lowest BCUT2D eigenvalue weighted by Gasteiger charge is -2.40. The number of carbonyl (C=O) groups is 2. The number of benzene rings is 3. The topological polar surface area (TPSA) is 88.8 Å². The van der Waals surface area contributed by atoms with Gasteiger partial charge in [-0.25, -0.2) is 14.5 Å². The summed E-state index contributed by atoms with van der Waals surface area (Å²) >= 11 is 0. The molecule has 1 atom stereocenters. The van der Waals surface area contributed by atoms with E-state index in [0.29, 0.717) is 17.1 Å². The van der Waals surface area contributed by atoms with Gasteiger partial charge in [0.1, 0.15) is 0 Å². The van der Waals surface area contributed by atoms with E-state index in [9.17, 15) is 9.59 Å². The van der Waals surface area contributed by atoms with Crippen LogP contribution in [0.5, 0.6) is 0 Å². The molecular formula is C27H21N5O3. The zero-order valence-corrected chi connectivity index (χ0v) is 19.1. The number of fused-ring (bicyclic) bond motifs is 4. The molecule has 35 heavy (non-hydrogen) atoms. The minimum atomic E-state index is -0.404. The van der Waals surface area contributed by atoms with Gasteiger partial charge >= 0.3 is 5.97 Å². The molecule has 0 saturated carbocycles. The van der Waals surface area contributed by atoms with Gasteiger partial charge in [0.25, 0.3) is 5.91 Å². The summed E-state index contributed by atoms with van der Waals surface area (Å²) in [7, 11) is 1.36. The van der Waals surface area contributed by atoms with Gasteiger partial charge in [0.15, 0.2) is 5.82 Å². The number of aromatic nitrogens is 2. The van der Waals surface area contributed by atoms with Crippen LogP contribution >= 0.6 is 0 Å². The number of methoxy groups -OCH3 is 1. The molecule has 0 saturated heterocycles. The standard InChI is InChI=1S/C27H21N5O3/c1-16-22-23(17-12-14-18(15-13-17)27(34)35-2)31-21-11-7-6-10-20(21)28-26(33)25(31)29-24(22)32(30-16)19-8-4-3-5-9-19/h3-15,23H,1-2H3,(H,28,33)/t23-/m0/s1. The first-order chi connectivity index (χ1) is 17.1. The zero-order chi connectivity index (χ0) is 24.1. The van der Waals surface area contributed by atoms with Crippen molar-refractivity contribution >= 4 is 34.9 Å². The number of para-hydroxylation sites is 3. The Morgan fingerprint density at radius 2 is 1.69 bits per heavy atom. The minimum Gasteiger partial charge on any atom is -0.465 e. The van der Waals surface area contributed by atoms with Crippen LogP contribution in [0.15, 0.2) is 83.9 Å². The van der Waals surface area contributed by atoms with Gasteiger partial charge in [-0.05, 0) is 48.9 Å². The number of nitrogens with zero attached hydrogens (tertiary/aromatic N) is 4. The van der Waals surface area contributed by atoms with Crippen LogP contribution in [-0.4, -0.2) is 34.6 Å². The molecule has 6 rings (SSSR count). The van der Waals surface area contributed by atoms with E-state index in [1.165, 1.54) is 7.11 Å². The molecule has 2 aliphatic heterocycles. The monoisotopic (exact) mass is 463 g/mol. The number of nitrogens with one attached hydrogen (secondary N) is 1. The van der Waals surface area contributed by atoms with Crippen LogP contribution in [0.25, 0.3) is 5.69 Å². The first-order valence-corrected chi connectivity index (χ1v) is 11.2. The number of hydrogen-bond donors (Lipinski definition) is 1. The summed E-state index contributed by atoms with van der Waals surface area (Å²) < 4.78 is 6.64. The summed E-state index contributed by atoms with van der Waals surface area (Å²) in [5, 5.41) is 7.77. The van der Waals surface area contributed by atoms with Crippen molar-refractivity contribution in [3.63, 3.8) is 0 Å². The van der Waals surface area contributed by atoms with Crippen molar-refractivity contribution in [2.75, 3.05) is 17.3 Å². The number of carbonyl (C=O) groups excluding carboxylic acids is 2. The highest BCUT2D eigenvalue weighted by atomic mass is 16.5. The van der Waals surface area contributed by atoms with E-state index >= 15 is 0 Å². The van der Waals surface area contributed by atoms with Gasteiger partial charge in [0.2, 0.25) is 5.84 Å². The fraction of sp³-hybridized carbons (Fsp3) is 0.111. The Morgan fingerprint density at radius 1 is 0.971 bits per heavy atom. The fourth-order valence-electron chi connectivity index (χ4n) is 4.73. The Bertz CT molecular complexity index is 1510. The second-order valence-electron chi connectivity index (χ2n) is 8.36. The van der Waals surface area contributed by atoms with Gasteiger partial charge < -0.3 is 15.0 Å². The van der Waals surface area contributed by atoms with Crippen LogP contribution < -0.4 is 10.2 Å². The largest absolute Gasteiger partial charge is 0.465 e. The van der Waals surface area contributed by atoms with E-state index < -0.39 is 5.97 Å². The van der Waals surface area contributed by atoms with Crippen LogP contribution in [0, 0.1) is 6.92 Å². The van der Waals surface area contributed by atoms with Crippen molar-refractivity contribution < 1.29 is 14.3 Å². The summed E-state index contributed by atoms with van der Waals surface area (Å²) in [6.07, 6.45) is 0. The molecule has 2 aliphatic rings. The van der Waals surface area contributed by atoms with Crippen molar-refractivity contribution in [2.45, 2.75) is 13.0 Å². The van der Waals surface area contributed by atoms with Gasteiger partial charge in [-0.3, -0.25) is 4.79 Å². The molecule has 3 heterocycles. The fourth-order valence-corrected chi connectivity index (χ4v) is 4.73. The van der Waals surface area contributed by atoms with Crippen LogP contribution in [-0.2, 0) is 9.53 Å². The van der Waals surface area contributed by atoms with Crippen LogP contribution in [0.3, 0.4) is 0 Å². The van der Waals surface area contributed by atoms with Gasteiger partial charge in [0.05, 0.1) is 41.5 Å².